The zero-order chi connectivity index (χ0) is 16.9. The van der Waals surface area contributed by atoms with Gasteiger partial charge in [0.25, 0.3) is 11.5 Å². The average Bonchev–Trinajstić information content (AvgIpc) is 3.08. The fourth-order valence-electron chi connectivity index (χ4n) is 3.05. The highest BCUT2D eigenvalue weighted by Crippen LogP contribution is 2.26. The summed E-state index contributed by atoms with van der Waals surface area (Å²) in [6.07, 6.45) is 8.14. The molecule has 1 aliphatic heterocycles. The molecule has 128 valence electrons. The molecule has 1 N–H and O–H groups in total. The molecule has 0 unspecified atom stereocenters. The maximum atomic E-state index is 12.6. The topological polar surface area (TPSA) is 93.1 Å². The molecule has 1 saturated heterocycles. The maximum Gasteiger partial charge on any atom is 0.273 e. The van der Waals surface area contributed by atoms with Crippen molar-refractivity contribution in [3.63, 3.8) is 0 Å². The predicted octanol–water partition coefficient (Wildman–Crippen LogP) is 0.633. The number of rotatable bonds is 5. The summed E-state index contributed by atoms with van der Waals surface area (Å²) in [5.41, 5.74) is -0.0544. The summed E-state index contributed by atoms with van der Waals surface area (Å²) < 4.78 is 7.22. The van der Waals surface area contributed by atoms with E-state index in [2.05, 4.69) is 19.5 Å². The number of imidazole rings is 1. The van der Waals surface area contributed by atoms with Gasteiger partial charge in [0.15, 0.2) is 0 Å². The molecule has 1 amide bonds. The summed E-state index contributed by atoms with van der Waals surface area (Å²) in [6, 6.07) is 0. The van der Waals surface area contributed by atoms with E-state index >= 15 is 0 Å². The number of carbonyl (C=O) groups is 1. The molecule has 0 bridgehead atoms. The van der Waals surface area contributed by atoms with Crippen LogP contribution in [0.25, 0.3) is 0 Å². The number of aromatic amines is 1. The fourth-order valence-corrected chi connectivity index (χ4v) is 3.05. The Morgan fingerprint density at radius 2 is 2.33 bits per heavy atom. The molecular weight excluding hydrogens is 310 g/mol. The molecule has 24 heavy (non-hydrogen) atoms. The summed E-state index contributed by atoms with van der Waals surface area (Å²) in [7, 11) is 1.68. The Hall–Kier alpha value is -2.48. The minimum Gasteiger partial charge on any atom is -0.383 e. The summed E-state index contributed by atoms with van der Waals surface area (Å²) in [5.74, 6) is 1.02. The smallest absolute Gasteiger partial charge is 0.273 e. The van der Waals surface area contributed by atoms with Crippen molar-refractivity contribution in [2.75, 3.05) is 26.8 Å². The second-order valence-corrected chi connectivity index (χ2v) is 5.86. The molecule has 1 fully saturated rings. The second-order valence-electron chi connectivity index (χ2n) is 5.86. The van der Waals surface area contributed by atoms with Gasteiger partial charge in [0.2, 0.25) is 0 Å². The Bertz CT molecular complexity index is 734. The number of likely N-dealkylation sites (tertiary alicyclic amines) is 1. The third kappa shape index (κ3) is 3.53. The normalized spacial score (nSPS) is 17.9. The van der Waals surface area contributed by atoms with Crippen LogP contribution >= 0.6 is 0 Å². The van der Waals surface area contributed by atoms with Gasteiger partial charge in [0.1, 0.15) is 11.5 Å². The standard InChI is InChI=1S/C16H21N5O3/c1-24-8-7-20-6-4-17-15(20)12-3-2-5-21(11-12)16(23)13-9-19-14(22)10-18-13/h4,6,9-10,12H,2-3,5,7-8,11H2,1H3,(H,19,22)/t12-/m0/s1. The van der Waals surface area contributed by atoms with Gasteiger partial charge >= 0.3 is 0 Å². The lowest BCUT2D eigenvalue weighted by Crippen LogP contribution is -2.40. The molecule has 1 aliphatic rings. The number of aromatic nitrogens is 4. The number of piperidine rings is 1. The maximum absolute atomic E-state index is 12.6. The quantitative estimate of drug-likeness (QED) is 0.867. The Balaban J connectivity index is 1.72. The van der Waals surface area contributed by atoms with Gasteiger partial charge in [-0.25, -0.2) is 9.97 Å². The number of carbonyl (C=O) groups excluding carboxylic acids is 1. The molecule has 1 atom stereocenters. The Kier molecular flexibility index (Phi) is 5.05. The first-order valence-electron chi connectivity index (χ1n) is 8.03. The first-order valence-corrected chi connectivity index (χ1v) is 8.03. The number of methoxy groups -OCH3 is 1. The highest BCUT2D eigenvalue weighted by atomic mass is 16.5. The third-order valence-electron chi connectivity index (χ3n) is 4.25. The SMILES string of the molecule is COCCn1ccnc1[C@H]1CCCN(C(=O)c2c[nH]c(=O)cn2)C1. The average molecular weight is 331 g/mol. The van der Waals surface area contributed by atoms with E-state index in [1.54, 1.807) is 18.2 Å². The van der Waals surface area contributed by atoms with Crippen molar-refractivity contribution >= 4 is 5.91 Å². The van der Waals surface area contributed by atoms with Gasteiger partial charge in [-0.3, -0.25) is 9.59 Å². The van der Waals surface area contributed by atoms with Crippen LogP contribution < -0.4 is 5.56 Å². The van der Waals surface area contributed by atoms with E-state index in [-0.39, 0.29) is 23.1 Å². The molecule has 0 aliphatic carbocycles. The van der Waals surface area contributed by atoms with Crippen LogP contribution in [0.15, 0.2) is 29.6 Å². The fraction of sp³-hybridized carbons (Fsp3) is 0.500. The molecule has 0 spiro atoms. The van der Waals surface area contributed by atoms with Crippen LogP contribution in [0.5, 0.6) is 0 Å². The molecule has 8 nitrogen and oxygen atoms in total. The minimum absolute atomic E-state index is 0.161. The molecule has 0 saturated carbocycles. The number of hydrogen-bond acceptors (Lipinski definition) is 5. The Morgan fingerprint density at radius 1 is 1.46 bits per heavy atom. The van der Waals surface area contributed by atoms with Crippen molar-refractivity contribution in [2.45, 2.75) is 25.3 Å². The highest BCUT2D eigenvalue weighted by Gasteiger charge is 2.28. The summed E-state index contributed by atoms with van der Waals surface area (Å²) in [6.45, 7) is 2.66. The van der Waals surface area contributed by atoms with E-state index in [9.17, 15) is 9.59 Å². The van der Waals surface area contributed by atoms with Crippen molar-refractivity contribution in [3.05, 3.63) is 46.7 Å². The van der Waals surface area contributed by atoms with Crippen LogP contribution in [0, 0.1) is 0 Å². The van der Waals surface area contributed by atoms with E-state index in [1.165, 1.54) is 6.20 Å². The summed E-state index contributed by atoms with van der Waals surface area (Å²) >= 11 is 0. The molecule has 2 aromatic heterocycles. The van der Waals surface area contributed by atoms with Crippen molar-refractivity contribution in [2.24, 2.45) is 0 Å². The first-order chi connectivity index (χ1) is 11.7. The molecule has 8 heteroatoms. The molecule has 2 aromatic rings. The number of nitrogens with zero attached hydrogens (tertiary/aromatic N) is 4. The number of nitrogens with one attached hydrogen (secondary N) is 1. The number of amides is 1. The summed E-state index contributed by atoms with van der Waals surface area (Å²) in [4.78, 5) is 36.3. The van der Waals surface area contributed by atoms with Crippen LogP contribution in [-0.2, 0) is 11.3 Å². The van der Waals surface area contributed by atoms with Gasteiger partial charge in [-0.15, -0.1) is 0 Å². The van der Waals surface area contributed by atoms with Gasteiger partial charge in [0.05, 0.1) is 12.8 Å². The van der Waals surface area contributed by atoms with E-state index < -0.39 is 0 Å². The molecule has 0 radical (unpaired) electrons. The second kappa shape index (κ2) is 7.39. The lowest BCUT2D eigenvalue weighted by molar-refractivity contribution is 0.0696. The monoisotopic (exact) mass is 331 g/mol. The van der Waals surface area contributed by atoms with Crippen LogP contribution in [-0.4, -0.2) is 57.1 Å². The third-order valence-corrected chi connectivity index (χ3v) is 4.25. The van der Waals surface area contributed by atoms with E-state index in [0.717, 1.165) is 31.4 Å². The van der Waals surface area contributed by atoms with Crippen LogP contribution in [0.4, 0.5) is 0 Å². The predicted molar refractivity (Wildman–Crippen MR) is 86.8 cm³/mol. The Labute approximate surface area is 139 Å². The van der Waals surface area contributed by atoms with Crippen LogP contribution in [0.3, 0.4) is 0 Å². The summed E-state index contributed by atoms with van der Waals surface area (Å²) in [5, 5.41) is 0. The van der Waals surface area contributed by atoms with E-state index in [4.69, 9.17) is 4.74 Å². The zero-order valence-corrected chi connectivity index (χ0v) is 13.6. The van der Waals surface area contributed by atoms with Gasteiger partial charge in [0, 0.05) is 51.3 Å². The van der Waals surface area contributed by atoms with E-state index in [0.29, 0.717) is 19.7 Å². The number of hydrogen-bond donors (Lipinski definition) is 1. The molecule has 3 rings (SSSR count). The minimum atomic E-state index is -0.316. The highest BCUT2D eigenvalue weighted by molar-refractivity contribution is 5.92. The lowest BCUT2D eigenvalue weighted by atomic mass is 9.97. The lowest BCUT2D eigenvalue weighted by Gasteiger charge is -2.32. The van der Waals surface area contributed by atoms with Crippen LogP contribution in [0.2, 0.25) is 0 Å². The van der Waals surface area contributed by atoms with Gasteiger partial charge in [-0.1, -0.05) is 0 Å². The van der Waals surface area contributed by atoms with Gasteiger partial charge in [-0.05, 0) is 12.8 Å². The number of ether oxygens (including phenoxy) is 1. The zero-order valence-electron chi connectivity index (χ0n) is 13.6. The van der Waals surface area contributed by atoms with E-state index in [1.807, 2.05) is 6.20 Å². The van der Waals surface area contributed by atoms with Gasteiger partial charge in [-0.2, -0.15) is 0 Å². The largest absolute Gasteiger partial charge is 0.383 e. The van der Waals surface area contributed by atoms with Crippen LogP contribution in [0.1, 0.15) is 35.1 Å². The first kappa shape index (κ1) is 16.4. The Morgan fingerprint density at radius 3 is 3.08 bits per heavy atom. The van der Waals surface area contributed by atoms with Crippen molar-refractivity contribution in [1.29, 1.82) is 0 Å². The molecule has 3 heterocycles. The van der Waals surface area contributed by atoms with Gasteiger partial charge < -0.3 is 19.2 Å². The van der Waals surface area contributed by atoms with Crippen molar-refractivity contribution in [3.8, 4) is 0 Å². The van der Waals surface area contributed by atoms with Crippen molar-refractivity contribution in [1.82, 2.24) is 24.4 Å². The van der Waals surface area contributed by atoms with Crippen molar-refractivity contribution < 1.29 is 9.53 Å². The number of H-pyrrole nitrogens is 1. The molecule has 0 aromatic carbocycles. The molecular formula is C16H21N5O3.